The molecule has 1 aliphatic heterocycles. The largest absolute Gasteiger partial charge is 0.293 e. The van der Waals surface area contributed by atoms with Crippen LogP contribution in [-0.4, -0.2) is 28.4 Å². The monoisotopic (exact) mass is 433 g/mol. The molecule has 30 heavy (non-hydrogen) atoms. The van der Waals surface area contributed by atoms with Crippen LogP contribution in [0.15, 0.2) is 83.8 Å². The van der Waals surface area contributed by atoms with Crippen molar-refractivity contribution in [2.45, 2.75) is 0 Å². The standard InChI is InChI=1S/C24H16ClNO3S/c25-20-8-4-5-16(13-20)14-22-23(28)26(24(29)30-22)15-21(27)19-11-9-18(10-12-19)17-6-2-1-3-7-17/h1-14H,15H2/b22-14+. The van der Waals surface area contributed by atoms with Crippen LogP contribution in [0, 0.1) is 0 Å². The van der Waals surface area contributed by atoms with Crippen molar-refractivity contribution >= 4 is 46.4 Å². The SMILES string of the molecule is O=C(CN1C(=O)S/C(=C/c2cccc(Cl)c2)C1=O)c1ccc(-c2ccccc2)cc1. The number of benzene rings is 3. The Hall–Kier alpha value is -3.15. The van der Waals surface area contributed by atoms with E-state index in [1.807, 2.05) is 42.5 Å². The highest BCUT2D eigenvalue weighted by molar-refractivity contribution is 8.18. The summed E-state index contributed by atoms with van der Waals surface area (Å²) < 4.78 is 0. The van der Waals surface area contributed by atoms with Crippen LogP contribution in [0.2, 0.25) is 5.02 Å². The second kappa shape index (κ2) is 8.69. The van der Waals surface area contributed by atoms with E-state index in [2.05, 4.69) is 0 Å². The van der Waals surface area contributed by atoms with Crippen LogP contribution in [-0.2, 0) is 4.79 Å². The number of thioether (sulfide) groups is 1. The first-order valence-corrected chi connectivity index (χ1v) is 10.4. The molecule has 1 saturated heterocycles. The van der Waals surface area contributed by atoms with Crippen molar-refractivity contribution in [3.8, 4) is 11.1 Å². The second-order valence-electron chi connectivity index (χ2n) is 6.69. The highest BCUT2D eigenvalue weighted by atomic mass is 35.5. The first kappa shape index (κ1) is 20.1. The summed E-state index contributed by atoms with van der Waals surface area (Å²) in [4.78, 5) is 38.9. The lowest BCUT2D eigenvalue weighted by atomic mass is 10.0. The lowest BCUT2D eigenvalue weighted by Crippen LogP contribution is -2.33. The first-order chi connectivity index (χ1) is 14.5. The predicted molar refractivity (Wildman–Crippen MR) is 120 cm³/mol. The van der Waals surface area contributed by atoms with Crippen molar-refractivity contribution in [3.63, 3.8) is 0 Å². The molecule has 0 atom stereocenters. The summed E-state index contributed by atoms with van der Waals surface area (Å²) in [6.45, 7) is -0.289. The number of hydrogen-bond acceptors (Lipinski definition) is 4. The molecule has 3 aromatic carbocycles. The van der Waals surface area contributed by atoms with Gasteiger partial charge in [0.1, 0.15) is 0 Å². The second-order valence-corrected chi connectivity index (χ2v) is 8.12. The van der Waals surface area contributed by atoms with Gasteiger partial charge in [0.15, 0.2) is 5.78 Å². The van der Waals surface area contributed by atoms with Crippen molar-refractivity contribution < 1.29 is 14.4 Å². The molecule has 4 nitrogen and oxygen atoms in total. The highest BCUT2D eigenvalue weighted by Crippen LogP contribution is 2.32. The van der Waals surface area contributed by atoms with Crippen molar-refractivity contribution in [1.29, 1.82) is 0 Å². The molecule has 2 amide bonds. The fourth-order valence-corrected chi connectivity index (χ4v) is 4.14. The lowest BCUT2D eigenvalue weighted by Gasteiger charge is -2.11. The summed E-state index contributed by atoms with van der Waals surface area (Å²) in [7, 11) is 0. The van der Waals surface area contributed by atoms with Crippen LogP contribution in [0.25, 0.3) is 17.2 Å². The number of nitrogens with zero attached hydrogens (tertiary/aromatic N) is 1. The fourth-order valence-electron chi connectivity index (χ4n) is 3.10. The van der Waals surface area contributed by atoms with Gasteiger partial charge in [-0.05, 0) is 46.7 Å². The van der Waals surface area contributed by atoms with E-state index in [1.165, 1.54) is 0 Å². The lowest BCUT2D eigenvalue weighted by molar-refractivity contribution is -0.122. The molecular weight excluding hydrogens is 418 g/mol. The van der Waals surface area contributed by atoms with Crippen LogP contribution >= 0.6 is 23.4 Å². The van der Waals surface area contributed by atoms with E-state index < -0.39 is 11.1 Å². The quantitative estimate of drug-likeness (QED) is 0.370. The summed E-state index contributed by atoms with van der Waals surface area (Å²) >= 11 is 6.79. The molecule has 148 valence electrons. The average molecular weight is 434 g/mol. The number of halogens is 1. The minimum absolute atomic E-state index is 0.273. The van der Waals surface area contributed by atoms with Crippen LogP contribution < -0.4 is 0 Å². The van der Waals surface area contributed by atoms with E-state index in [1.54, 1.807) is 42.5 Å². The van der Waals surface area contributed by atoms with Gasteiger partial charge in [0.2, 0.25) is 0 Å². The average Bonchev–Trinajstić information content (AvgIpc) is 3.02. The van der Waals surface area contributed by atoms with Gasteiger partial charge in [0.25, 0.3) is 11.1 Å². The molecule has 0 aliphatic carbocycles. The smallest absolute Gasteiger partial charge is 0.292 e. The maximum atomic E-state index is 12.7. The van der Waals surface area contributed by atoms with Gasteiger partial charge in [-0.1, -0.05) is 78.3 Å². The molecule has 1 aliphatic rings. The zero-order valence-electron chi connectivity index (χ0n) is 15.7. The number of imide groups is 1. The van der Waals surface area contributed by atoms with E-state index in [0.717, 1.165) is 33.4 Å². The van der Waals surface area contributed by atoms with E-state index in [9.17, 15) is 14.4 Å². The third-order valence-electron chi connectivity index (χ3n) is 4.64. The topological polar surface area (TPSA) is 54.5 Å². The molecular formula is C24H16ClNO3S. The maximum Gasteiger partial charge on any atom is 0.293 e. The summed E-state index contributed by atoms with van der Waals surface area (Å²) in [6, 6.07) is 23.9. The molecule has 0 aromatic heterocycles. The number of hydrogen-bond donors (Lipinski definition) is 0. The van der Waals surface area contributed by atoms with E-state index in [-0.39, 0.29) is 17.2 Å². The Bertz CT molecular complexity index is 1160. The number of rotatable bonds is 5. The summed E-state index contributed by atoms with van der Waals surface area (Å²) in [6.07, 6.45) is 1.61. The molecule has 0 unspecified atom stereocenters. The van der Waals surface area contributed by atoms with Crippen LogP contribution in [0.4, 0.5) is 4.79 Å². The fraction of sp³-hybridized carbons (Fsp3) is 0.0417. The minimum Gasteiger partial charge on any atom is -0.292 e. The predicted octanol–water partition coefficient (Wildman–Crippen LogP) is 5.93. The van der Waals surface area contributed by atoms with Crippen molar-refractivity contribution in [3.05, 3.63) is 99.9 Å². The van der Waals surface area contributed by atoms with Crippen LogP contribution in [0.3, 0.4) is 0 Å². The molecule has 0 bridgehead atoms. The number of ketones is 1. The summed E-state index contributed by atoms with van der Waals surface area (Å²) in [5.74, 6) is -0.764. The number of carbonyl (C=O) groups excluding carboxylic acids is 3. The Morgan fingerprint density at radius 1 is 0.900 bits per heavy atom. The van der Waals surface area contributed by atoms with Crippen molar-refractivity contribution in [1.82, 2.24) is 4.90 Å². The van der Waals surface area contributed by atoms with Gasteiger partial charge in [-0.2, -0.15) is 0 Å². The zero-order valence-corrected chi connectivity index (χ0v) is 17.3. The molecule has 6 heteroatoms. The Balaban J connectivity index is 1.48. The maximum absolute atomic E-state index is 12.7. The number of amides is 2. The molecule has 1 fully saturated rings. The number of carbonyl (C=O) groups is 3. The van der Waals surface area contributed by atoms with Gasteiger partial charge < -0.3 is 0 Å². The molecule has 4 rings (SSSR count). The van der Waals surface area contributed by atoms with E-state index in [4.69, 9.17) is 11.6 Å². The van der Waals surface area contributed by atoms with Crippen molar-refractivity contribution in [2.75, 3.05) is 6.54 Å². The molecule has 0 saturated carbocycles. The van der Waals surface area contributed by atoms with Gasteiger partial charge in [-0.25, -0.2) is 0 Å². The van der Waals surface area contributed by atoms with Crippen LogP contribution in [0.5, 0.6) is 0 Å². The molecule has 3 aromatic rings. The Morgan fingerprint density at radius 3 is 2.30 bits per heavy atom. The van der Waals surface area contributed by atoms with Crippen molar-refractivity contribution in [2.24, 2.45) is 0 Å². The van der Waals surface area contributed by atoms with Gasteiger partial charge in [-0.3, -0.25) is 19.3 Å². The third-order valence-corrected chi connectivity index (χ3v) is 5.78. The summed E-state index contributed by atoms with van der Waals surface area (Å²) in [5, 5.41) is 0.0830. The zero-order chi connectivity index (χ0) is 21.1. The van der Waals surface area contributed by atoms with Gasteiger partial charge in [0.05, 0.1) is 11.4 Å². The molecule has 1 heterocycles. The molecule has 0 radical (unpaired) electrons. The summed E-state index contributed by atoms with van der Waals surface area (Å²) in [5.41, 5.74) is 3.21. The first-order valence-electron chi connectivity index (χ1n) is 9.21. The van der Waals surface area contributed by atoms with Gasteiger partial charge >= 0.3 is 0 Å². The highest BCUT2D eigenvalue weighted by Gasteiger charge is 2.36. The van der Waals surface area contributed by atoms with E-state index in [0.29, 0.717) is 10.6 Å². The molecule has 0 spiro atoms. The van der Waals surface area contributed by atoms with E-state index >= 15 is 0 Å². The van der Waals surface area contributed by atoms with Crippen LogP contribution in [0.1, 0.15) is 15.9 Å². The van der Waals surface area contributed by atoms with Gasteiger partial charge in [0, 0.05) is 10.6 Å². The van der Waals surface area contributed by atoms with Gasteiger partial charge in [-0.15, -0.1) is 0 Å². The third kappa shape index (κ3) is 4.37. The minimum atomic E-state index is -0.473. The molecule has 0 N–H and O–H groups in total. The Kier molecular flexibility index (Phi) is 5.84. The number of Topliss-reactive ketones (excluding diaryl/α,β-unsaturated/α-hetero) is 1. The normalized spacial score (nSPS) is 15.1. The Morgan fingerprint density at radius 2 is 1.60 bits per heavy atom. The Labute approximate surface area is 183 Å².